The highest BCUT2D eigenvalue weighted by Crippen LogP contribution is 2.12. The molecule has 0 saturated carbocycles. The first kappa shape index (κ1) is 60.0. The van der Waals surface area contributed by atoms with Crippen LogP contribution in [-0.4, -0.2) is 37.9 Å². The van der Waals surface area contributed by atoms with Gasteiger partial charge in [-0.15, -0.1) is 0 Å². The molecule has 0 radical (unpaired) electrons. The van der Waals surface area contributed by atoms with Crippen molar-refractivity contribution in [2.75, 3.05) is 19.8 Å². The van der Waals surface area contributed by atoms with Crippen LogP contribution in [0.4, 0.5) is 0 Å². The molecule has 0 fully saturated rings. The van der Waals surface area contributed by atoms with Crippen LogP contribution < -0.4 is 0 Å². The average molecular weight is 883 g/mol. The predicted molar refractivity (Wildman–Crippen MR) is 278 cm³/mol. The average Bonchev–Trinajstić information content (AvgIpc) is 3.30. The van der Waals surface area contributed by atoms with Gasteiger partial charge in [0.1, 0.15) is 6.61 Å². The maximum absolute atomic E-state index is 12.8. The lowest BCUT2D eigenvalue weighted by molar-refractivity contribution is -0.162. The van der Waals surface area contributed by atoms with Gasteiger partial charge in [0.25, 0.3) is 0 Å². The number of ether oxygens (including phenoxy) is 3. The molecule has 360 valence electrons. The van der Waals surface area contributed by atoms with E-state index < -0.39 is 6.10 Å². The van der Waals surface area contributed by atoms with E-state index in [2.05, 4.69) is 154 Å². The SMILES string of the molecule is CC/C=C\C/C=C\C/C=C\C/C=C\C/C=C\CCOCC(COC(=O)CCCCCCCCC/C=C\C/C=C\CCCCC)OC(=O)CCCC/C=C\C/C=C\C/C=C\C/C=C\CC. The van der Waals surface area contributed by atoms with Crippen LogP contribution in [0.15, 0.2) is 134 Å². The van der Waals surface area contributed by atoms with E-state index in [1.165, 1.54) is 51.4 Å². The summed E-state index contributed by atoms with van der Waals surface area (Å²) in [5.74, 6) is -0.505. The van der Waals surface area contributed by atoms with E-state index in [4.69, 9.17) is 14.2 Å². The van der Waals surface area contributed by atoms with E-state index >= 15 is 0 Å². The van der Waals surface area contributed by atoms with Crippen molar-refractivity contribution in [1.82, 2.24) is 0 Å². The van der Waals surface area contributed by atoms with Gasteiger partial charge in [-0.1, -0.05) is 199 Å². The Hall–Kier alpha value is -3.96. The van der Waals surface area contributed by atoms with E-state index in [9.17, 15) is 9.59 Å². The molecule has 0 saturated heterocycles. The Morgan fingerprint density at radius 1 is 0.359 bits per heavy atom. The van der Waals surface area contributed by atoms with Crippen molar-refractivity contribution in [3.05, 3.63) is 134 Å². The molecule has 5 nitrogen and oxygen atoms in total. The Morgan fingerprint density at radius 2 is 0.703 bits per heavy atom. The van der Waals surface area contributed by atoms with E-state index in [0.717, 1.165) is 116 Å². The summed E-state index contributed by atoms with van der Waals surface area (Å²) in [5.41, 5.74) is 0. The van der Waals surface area contributed by atoms with Crippen LogP contribution in [-0.2, 0) is 23.8 Å². The van der Waals surface area contributed by atoms with Gasteiger partial charge in [-0.2, -0.15) is 0 Å². The van der Waals surface area contributed by atoms with Crippen LogP contribution in [0.5, 0.6) is 0 Å². The zero-order chi connectivity index (χ0) is 46.3. The van der Waals surface area contributed by atoms with E-state index in [-0.39, 0.29) is 25.2 Å². The fourth-order valence-electron chi connectivity index (χ4n) is 6.42. The Bertz CT molecular complexity index is 1370. The number of rotatable bonds is 45. The van der Waals surface area contributed by atoms with Gasteiger partial charge in [0.05, 0.1) is 13.2 Å². The Kier molecular flexibility index (Phi) is 50.1. The monoisotopic (exact) mass is 883 g/mol. The van der Waals surface area contributed by atoms with Crippen molar-refractivity contribution in [3.8, 4) is 0 Å². The minimum Gasteiger partial charge on any atom is -0.462 e. The zero-order valence-corrected chi connectivity index (χ0v) is 41.2. The Labute approximate surface area is 394 Å². The molecule has 0 aromatic heterocycles. The molecule has 5 heteroatoms. The lowest BCUT2D eigenvalue weighted by atomic mass is 10.1. The molecule has 0 aliphatic heterocycles. The molecule has 0 aromatic rings. The quantitative estimate of drug-likeness (QED) is 0.0346. The van der Waals surface area contributed by atoms with Crippen LogP contribution in [0.3, 0.4) is 0 Å². The second kappa shape index (κ2) is 53.4. The Balaban J connectivity index is 4.49. The summed E-state index contributed by atoms with van der Waals surface area (Å²) in [5, 5.41) is 0. The molecule has 0 bridgehead atoms. The fourth-order valence-corrected chi connectivity index (χ4v) is 6.42. The number of esters is 2. The van der Waals surface area contributed by atoms with Gasteiger partial charge in [-0.05, 0) is 122 Å². The lowest BCUT2D eigenvalue weighted by Crippen LogP contribution is -2.30. The summed E-state index contributed by atoms with van der Waals surface area (Å²) >= 11 is 0. The summed E-state index contributed by atoms with van der Waals surface area (Å²) in [6, 6.07) is 0. The summed E-state index contributed by atoms with van der Waals surface area (Å²) < 4.78 is 17.3. The molecule has 0 amide bonds. The number of carbonyl (C=O) groups is 2. The maximum atomic E-state index is 12.8. The van der Waals surface area contributed by atoms with Gasteiger partial charge in [0.15, 0.2) is 6.10 Å². The third kappa shape index (κ3) is 50.7. The van der Waals surface area contributed by atoms with Crippen LogP contribution >= 0.6 is 0 Å². The molecule has 0 aromatic carbocycles. The maximum Gasteiger partial charge on any atom is 0.306 e. The number of hydrogen-bond acceptors (Lipinski definition) is 5. The van der Waals surface area contributed by atoms with Crippen molar-refractivity contribution >= 4 is 11.9 Å². The van der Waals surface area contributed by atoms with Crippen molar-refractivity contribution in [3.63, 3.8) is 0 Å². The van der Waals surface area contributed by atoms with E-state index in [1.54, 1.807) is 0 Å². The highest BCUT2D eigenvalue weighted by atomic mass is 16.6. The van der Waals surface area contributed by atoms with Gasteiger partial charge in [0, 0.05) is 12.8 Å². The molecular weight excluding hydrogens is 789 g/mol. The van der Waals surface area contributed by atoms with E-state index in [1.807, 2.05) is 0 Å². The molecule has 1 atom stereocenters. The summed E-state index contributed by atoms with van der Waals surface area (Å²) in [6.45, 7) is 7.29. The largest absolute Gasteiger partial charge is 0.462 e. The number of allylic oxidation sites excluding steroid dienone is 21. The third-order valence-corrected chi connectivity index (χ3v) is 10.2. The highest BCUT2D eigenvalue weighted by molar-refractivity contribution is 5.70. The Morgan fingerprint density at radius 3 is 1.16 bits per heavy atom. The second-order valence-electron chi connectivity index (χ2n) is 16.3. The fraction of sp³-hybridized carbons (Fsp3) is 0.593. The minimum atomic E-state index is -0.610. The van der Waals surface area contributed by atoms with Gasteiger partial charge in [0.2, 0.25) is 0 Å². The number of unbranched alkanes of at least 4 members (excludes halogenated alkanes) is 12. The van der Waals surface area contributed by atoms with Gasteiger partial charge >= 0.3 is 11.9 Å². The molecule has 0 heterocycles. The molecule has 0 N–H and O–H groups in total. The van der Waals surface area contributed by atoms with Crippen molar-refractivity contribution < 1.29 is 23.8 Å². The first-order valence-corrected chi connectivity index (χ1v) is 25.7. The summed E-state index contributed by atoms with van der Waals surface area (Å²) in [4.78, 5) is 25.4. The third-order valence-electron chi connectivity index (χ3n) is 10.2. The normalized spacial score (nSPS) is 13.4. The number of carbonyl (C=O) groups excluding carboxylic acids is 2. The first-order valence-electron chi connectivity index (χ1n) is 25.7. The van der Waals surface area contributed by atoms with Crippen LogP contribution in [0, 0.1) is 0 Å². The highest BCUT2D eigenvalue weighted by Gasteiger charge is 2.17. The van der Waals surface area contributed by atoms with Gasteiger partial charge < -0.3 is 14.2 Å². The summed E-state index contributed by atoms with van der Waals surface area (Å²) in [7, 11) is 0. The molecule has 0 aliphatic carbocycles. The first-order chi connectivity index (χ1) is 31.6. The van der Waals surface area contributed by atoms with Gasteiger partial charge in [-0.25, -0.2) is 0 Å². The smallest absolute Gasteiger partial charge is 0.306 e. The van der Waals surface area contributed by atoms with Crippen molar-refractivity contribution in [1.29, 1.82) is 0 Å². The van der Waals surface area contributed by atoms with Crippen molar-refractivity contribution in [2.45, 2.75) is 207 Å². The molecule has 0 aliphatic rings. The minimum absolute atomic E-state index is 0.0257. The predicted octanol–water partition coefficient (Wildman–Crippen LogP) is 17.6. The van der Waals surface area contributed by atoms with Crippen LogP contribution in [0.1, 0.15) is 201 Å². The second-order valence-corrected chi connectivity index (χ2v) is 16.3. The van der Waals surface area contributed by atoms with Crippen LogP contribution in [0.25, 0.3) is 0 Å². The molecular formula is C59H94O5. The molecule has 0 rings (SSSR count). The zero-order valence-electron chi connectivity index (χ0n) is 41.2. The topological polar surface area (TPSA) is 61.8 Å². The molecule has 0 spiro atoms. The molecule has 64 heavy (non-hydrogen) atoms. The van der Waals surface area contributed by atoms with Crippen molar-refractivity contribution in [2.24, 2.45) is 0 Å². The van der Waals surface area contributed by atoms with Gasteiger partial charge in [-0.3, -0.25) is 9.59 Å². The van der Waals surface area contributed by atoms with Crippen LogP contribution in [0.2, 0.25) is 0 Å². The molecule has 1 unspecified atom stereocenters. The lowest BCUT2D eigenvalue weighted by Gasteiger charge is -2.18. The summed E-state index contributed by atoms with van der Waals surface area (Å²) in [6.07, 6.45) is 76.2. The van der Waals surface area contributed by atoms with E-state index in [0.29, 0.717) is 19.4 Å². The number of hydrogen-bond donors (Lipinski definition) is 0. The standard InChI is InChI=1S/C59H94O5/c1-4-7-10-13-16-19-22-25-28-30-32-34-37-40-43-46-49-52-58(60)63-56-57(55-62-54-51-48-45-42-39-36-33-29-26-23-20-17-14-11-8-5-2)64-59(61)53-50-47-44-41-38-35-31-27-24-21-18-15-12-9-6-3/h8-9,11-12,16-21,25-29,31,36,38-39,41,45,48,57H,4-7,10,13-15,22-24,30,32-35,37,40,42-44,46-47,49-56H2,1-3H3/b11-8-,12-9-,19-16-,20-17-,21-18-,28-25-,29-26-,31-27-,39-36-,41-38-,48-45-.